The summed E-state index contributed by atoms with van der Waals surface area (Å²) in [6.45, 7) is 12.5. The molecule has 0 aliphatic carbocycles. The largest absolute Gasteiger partial charge is 0.322 e. The Bertz CT molecular complexity index is 1180. The predicted molar refractivity (Wildman–Crippen MR) is 143 cm³/mol. The van der Waals surface area contributed by atoms with E-state index in [4.69, 9.17) is 16.7 Å². The highest BCUT2D eigenvalue weighted by Crippen LogP contribution is 2.27. The Kier molecular flexibility index (Phi) is 8.22. The van der Waals surface area contributed by atoms with Gasteiger partial charge in [0, 0.05) is 28.7 Å². The van der Waals surface area contributed by atoms with E-state index in [0.29, 0.717) is 23.1 Å². The molecule has 2 aromatic carbocycles. The van der Waals surface area contributed by atoms with Gasteiger partial charge in [0.25, 0.3) is 0 Å². The van der Waals surface area contributed by atoms with Gasteiger partial charge < -0.3 is 15.5 Å². The first-order valence-corrected chi connectivity index (χ1v) is 12.1. The van der Waals surface area contributed by atoms with Crippen molar-refractivity contribution in [3.05, 3.63) is 70.9 Å². The number of carbonyl (C=O) groups excluding carboxylic acids is 2. The van der Waals surface area contributed by atoms with Crippen molar-refractivity contribution >= 4 is 35.0 Å². The van der Waals surface area contributed by atoms with Crippen LogP contribution in [0.25, 0.3) is 5.69 Å². The van der Waals surface area contributed by atoms with Crippen LogP contribution in [0.4, 0.5) is 16.3 Å². The highest BCUT2D eigenvalue weighted by Gasteiger charge is 2.23. The zero-order chi connectivity index (χ0) is 25.8. The Labute approximate surface area is 212 Å². The van der Waals surface area contributed by atoms with Gasteiger partial charge in [-0.25, -0.2) is 9.48 Å². The number of urea groups is 1. The first kappa shape index (κ1) is 26.3. The minimum atomic E-state index is -0.318. The lowest BCUT2D eigenvalue weighted by molar-refractivity contribution is -0.116. The summed E-state index contributed by atoms with van der Waals surface area (Å²) in [6, 6.07) is 16.4. The van der Waals surface area contributed by atoms with Gasteiger partial charge in [0.2, 0.25) is 5.91 Å². The number of aromatic nitrogens is 2. The fourth-order valence-corrected chi connectivity index (χ4v) is 3.68. The van der Waals surface area contributed by atoms with Gasteiger partial charge in [-0.3, -0.25) is 4.79 Å². The van der Waals surface area contributed by atoms with E-state index in [1.54, 1.807) is 16.8 Å². The third-order valence-electron chi connectivity index (χ3n) is 5.29. The van der Waals surface area contributed by atoms with E-state index in [0.717, 1.165) is 16.9 Å². The van der Waals surface area contributed by atoms with E-state index in [1.807, 2.05) is 63.2 Å². The topological polar surface area (TPSA) is 79.3 Å². The van der Waals surface area contributed by atoms with Crippen LogP contribution in [-0.2, 0) is 10.2 Å². The molecule has 7 nitrogen and oxygen atoms in total. The van der Waals surface area contributed by atoms with Gasteiger partial charge in [0.15, 0.2) is 0 Å². The molecule has 3 amide bonds. The number of hydrogen-bond acceptors (Lipinski definition) is 3. The maximum absolute atomic E-state index is 13.1. The summed E-state index contributed by atoms with van der Waals surface area (Å²) >= 11 is 6.05. The summed E-state index contributed by atoms with van der Waals surface area (Å²) in [4.78, 5) is 27.6. The van der Waals surface area contributed by atoms with Crippen molar-refractivity contribution in [3.63, 3.8) is 0 Å². The second-order valence-electron chi connectivity index (χ2n) is 10.2. The first-order chi connectivity index (χ1) is 16.4. The fraction of sp³-hybridized carbons (Fsp3) is 0.370. The van der Waals surface area contributed by atoms with Crippen molar-refractivity contribution in [2.45, 2.75) is 47.0 Å². The van der Waals surface area contributed by atoms with Crippen LogP contribution in [-0.4, -0.2) is 39.7 Å². The summed E-state index contributed by atoms with van der Waals surface area (Å²) in [6.07, 6.45) is 0. The molecule has 3 aromatic rings. The molecule has 2 N–H and O–H groups in total. The molecule has 0 aliphatic rings. The molecule has 0 radical (unpaired) electrons. The van der Waals surface area contributed by atoms with Crippen LogP contribution in [0.3, 0.4) is 0 Å². The van der Waals surface area contributed by atoms with Crippen LogP contribution in [0, 0.1) is 12.8 Å². The number of nitrogens with one attached hydrogen (secondary N) is 2. The number of benzene rings is 2. The molecular formula is C27H34ClN5O2. The number of rotatable bonds is 7. The quantitative estimate of drug-likeness (QED) is 0.406. The molecule has 0 atom stereocenters. The molecule has 186 valence electrons. The number of carbonyl (C=O) groups is 2. The van der Waals surface area contributed by atoms with Gasteiger partial charge in [-0.1, -0.05) is 58.4 Å². The van der Waals surface area contributed by atoms with Crippen LogP contribution in [0.15, 0.2) is 54.6 Å². The molecule has 35 heavy (non-hydrogen) atoms. The molecule has 1 aromatic heterocycles. The summed E-state index contributed by atoms with van der Waals surface area (Å²) in [7, 11) is 0. The van der Waals surface area contributed by atoms with E-state index < -0.39 is 0 Å². The summed E-state index contributed by atoms with van der Waals surface area (Å²) in [5, 5.41) is 11.2. The van der Waals surface area contributed by atoms with Crippen molar-refractivity contribution in [1.82, 2.24) is 14.7 Å². The van der Waals surface area contributed by atoms with Gasteiger partial charge in [0.05, 0.1) is 11.4 Å². The van der Waals surface area contributed by atoms with Gasteiger partial charge in [0.1, 0.15) is 12.4 Å². The third-order valence-corrected chi connectivity index (χ3v) is 5.55. The number of aryl methyl sites for hydroxylation is 1. The van der Waals surface area contributed by atoms with Crippen LogP contribution < -0.4 is 10.6 Å². The Morgan fingerprint density at radius 1 is 1.06 bits per heavy atom. The van der Waals surface area contributed by atoms with Crippen molar-refractivity contribution in [1.29, 1.82) is 0 Å². The minimum absolute atomic E-state index is 0.0908. The van der Waals surface area contributed by atoms with Crippen LogP contribution in [0.1, 0.15) is 45.9 Å². The number of amides is 3. The molecular weight excluding hydrogens is 462 g/mol. The number of nitrogens with zero attached hydrogens (tertiary/aromatic N) is 3. The van der Waals surface area contributed by atoms with Crippen LogP contribution in [0.2, 0.25) is 5.02 Å². The Hall–Kier alpha value is -3.32. The molecule has 0 bridgehead atoms. The monoisotopic (exact) mass is 495 g/mol. The van der Waals surface area contributed by atoms with Gasteiger partial charge >= 0.3 is 6.03 Å². The number of hydrogen-bond donors (Lipinski definition) is 2. The minimum Gasteiger partial charge on any atom is -0.315 e. The van der Waals surface area contributed by atoms with Gasteiger partial charge in [-0.15, -0.1) is 0 Å². The average molecular weight is 496 g/mol. The van der Waals surface area contributed by atoms with Crippen LogP contribution in [0.5, 0.6) is 0 Å². The summed E-state index contributed by atoms with van der Waals surface area (Å²) < 4.78 is 1.69. The Morgan fingerprint density at radius 2 is 1.74 bits per heavy atom. The van der Waals surface area contributed by atoms with E-state index in [9.17, 15) is 9.59 Å². The number of anilines is 2. The average Bonchev–Trinajstić information content (AvgIpc) is 3.17. The lowest BCUT2D eigenvalue weighted by Gasteiger charge is -2.24. The molecule has 0 spiro atoms. The summed E-state index contributed by atoms with van der Waals surface area (Å²) in [5.41, 5.74) is 3.13. The second-order valence-corrected chi connectivity index (χ2v) is 10.6. The highest BCUT2D eigenvalue weighted by molar-refractivity contribution is 6.30. The van der Waals surface area contributed by atoms with Crippen molar-refractivity contribution in [2.75, 3.05) is 23.7 Å². The van der Waals surface area contributed by atoms with Gasteiger partial charge in [-0.05, 0) is 54.8 Å². The summed E-state index contributed by atoms with van der Waals surface area (Å²) in [5.74, 6) is 0.421. The Balaban J connectivity index is 1.81. The van der Waals surface area contributed by atoms with E-state index in [2.05, 4.69) is 31.4 Å². The molecule has 0 unspecified atom stereocenters. The molecule has 0 aliphatic heterocycles. The smallest absolute Gasteiger partial charge is 0.315 e. The predicted octanol–water partition coefficient (Wildman–Crippen LogP) is 6.26. The maximum atomic E-state index is 13.1. The van der Waals surface area contributed by atoms with E-state index >= 15 is 0 Å². The van der Waals surface area contributed by atoms with Crippen molar-refractivity contribution in [3.8, 4) is 5.69 Å². The molecule has 0 saturated carbocycles. The standard InChI is InChI=1S/C27H34ClN5O2/c1-18(2)16-32(26(35)29-21-9-7-8-19(3)14-21)17-25(34)30-24-15-23(27(4,5)6)31-33(24)22-12-10-20(28)11-13-22/h7-15,18H,16-17H2,1-6H3,(H,29,35)(H,30,34). The molecule has 0 fully saturated rings. The fourth-order valence-electron chi connectivity index (χ4n) is 3.56. The number of halogens is 1. The van der Waals surface area contributed by atoms with Crippen LogP contribution >= 0.6 is 11.6 Å². The first-order valence-electron chi connectivity index (χ1n) is 11.7. The highest BCUT2D eigenvalue weighted by atomic mass is 35.5. The zero-order valence-corrected chi connectivity index (χ0v) is 22.0. The van der Waals surface area contributed by atoms with Crippen molar-refractivity contribution in [2.24, 2.45) is 5.92 Å². The second kappa shape index (κ2) is 11.0. The molecule has 8 heteroatoms. The molecule has 3 rings (SSSR count). The SMILES string of the molecule is Cc1cccc(NC(=O)N(CC(=O)Nc2cc(C(C)(C)C)nn2-c2ccc(Cl)cc2)CC(C)C)c1. The lowest BCUT2D eigenvalue weighted by Crippen LogP contribution is -2.42. The van der Waals surface area contributed by atoms with E-state index in [-0.39, 0.29) is 29.8 Å². The van der Waals surface area contributed by atoms with E-state index in [1.165, 1.54) is 4.90 Å². The molecule has 0 saturated heterocycles. The maximum Gasteiger partial charge on any atom is 0.322 e. The van der Waals surface area contributed by atoms with Crippen molar-refractivity contribution < 1.29 is 9.59 Å². The molecule has 1 heterocycles. The Morgan fingerprint density at radius 3 is 2.34 bits per heavy atom. The zero-order valence-electron chi connectivity index (χ0n) is 21.2. The van der Waals surface area contributed by atoms with Gasteiger partial charge in [-0.2, -0.15) is 5.10 Å². The normalized spacial score (nSPS) is 11.4. The third kappa shape index (κ3) is 7.33. The lowest BCUT2D eigenvalue weighted by atomic mass is 9.92.